The third kappa shape index (κ3) is 3.04. The van der Waals surface area contributed by atoms with Crippen molar-refractivity contribution in [2.75, 3.05) is 19.7 Å². The molecule has 0 bridgehead atoms. The van der Waals surface area contributed by atoms with Gasteiger partial charge in [0.25, 0.3) is 0 Å². The van der Waals surface area contributed by atoms with Gasteiger partial charge in [-0.15, -0.1) is 0 Å². The quantitative estimate of drug-likeness (QED) is 0.362. The van der Waals surface area contributed by atoms with Crippen molar-refractivity contribution in [3.8, 4) is 0 Å². The molecule has 0 saturated carbocycles. The second-order valence-corrected chi connectivity index (χ2v) is 3.08. The van der Waals surface area contributed by atoms with Crippen LogP contribution < -0.4 is 5.32 Å². The average molecular weight is 189 g/mol. The Morgan fingerprint density at radius 2 is 2.31 bits per heavy atom. The maximum Gasteiger partial charge on any atom is 0.133 e. The first kappa shape index (κ1) is 10.6. The molecule has 3 unspecified atom stereocenters. The molecule has 1 aliphatic rings. The van der Waals surface area contributed by atoms with E-state index >= 15 is 0 Å². The molecule has 1 fully saturated rings. The second-order valence-electron chi connectivity index (χ2n) is 3.08. The third-order valence-electron chi connectivity index (χ3n) is 2.09. The van der Waals surface area contributed by atoms with E-state index < -0.39 is 18.3 Å². The average Bonchev–Trinajstić information content (AvgIpc) is 2.13. The number of ether oxygens (including phenoxy) is 1. The molecular weight excluding hydrogens is 174 g/mol. The Kier molecular flexibility index (Phi) is 4.31. The summed E-state index contributed by atoms with van der Waals surface area (Å²) in [7, 11) is 0. The number of carbonyl (C=O) groups is 1. The lowest BCUT2D eigenvalue weighted by molar-refractivity contribution is -0.132. The van der Waals surface area contributed by atoms with Gasteiger partial charge in [0, 0.05) is 13.2 Å². The van der Waals surface area contributed by atoms with Crippen LogP contribution in [0.4, 0.5) is 0 Å². The lowest BCUT2D eigenvalue weighted by atomic mass is 10.0. The summed E-state index contributed by atoms with van der Waals surface area (Å²) in [4.78, 5) is 9.98. The van der Waals surface area contributed by atoms with Crippen LogP contribution in [0.3, 0.4) is 0 Å². The summed E-state index contributed by atoms with van der Waals surface area (Å²) >= 11 is 0. The fraction of sp³-hybridized carbons (Fsp3) is 0.875. The molecule has 0 radical (unpaired) electrons. The standard InChI is InChI=1S/C8H15NO4/c10-3-2-9-5-7-8(12)6(11)1-4-13-7/h3,6-9,11-12H,1-2,4-5H2. The van der Waals surface area contributed by atoms with E-state index in [1.807, 2.05) is 0 Å². The molecule has 0 aromatic carbocycles. The van der Waals surface area contributed by atoms with Crippen LogP contribution in [0.25, 0.3) is 0 Å². The maximum absolute atomic E-state index is 9.98. The van der Waals surface area contributed by atoms with E-state index in [1.54, 1.807) is 0 Å². The van der Waals surface area contributed by atoms with Crippen LogP contribution in [-0.4, -0.2) is 54.5 Å². The summed E-state index contributed by atoms with van der Waals surface area (Å²) in [5.74, 6) is 0. The molecule has 5 nitrogen and oxygen atoms in total. The molecule has 0 aromatic heterocycles. The van der Waals surface area contributed by atoms with E-state index in [4.69, 9.17) is 4.74 Å². The zero-order valence-electron chi connectivity index (χ0n) is 7.35. The van der Waals surface area contributed by atoms with Crippen LogP contribution in [0, 0.1) is 0 Å². The van der Waals surface area contributed by atoms with E-state index in [1.165, 1.54) is 0 Å². The van der Waals surface area contributed by atoms with Gasteiger partial charge >= 0.3 is 0 Å². The van der Waals surface area contributed by atoms with Gasteiger partial charge in [-0.1, -0.05) is 0 Å². The SMILES string of the molecule is O=CCNCC1OCCC(O)C1O. The molecule has 1 rings (SSSR count). The molecule has 3 N–H and O–H groups in total. The van der Waals surface area contributed by atoms with Crippen LogP contribution in [0.15, 0.2) is 0 Å². The van der Waals surface area contributed by atoms with Crippen molar-refractivity contribution in [1.82, 2.24) is 5.32 Å². The first-order valence-corrected chi connectivity index (χ1v) is 4.37. The minimum Gasteiger partial charge on any atom is -0.390 e. The minimum atomic E-state index is -0.854. The van der Waals surface area contributed by atoms with Crippen molar-refractivity contribution in [1.29, 1.82) is 0 Å². The zero-order chi connectivity index (χ0) is 9.68. The molecule has 0 spiro atoms. The summed E-state index contributed by atoms with van der Waals surface area (Å²) in [6, 6.07) is 0. The summed E-state index contributed by atoms with van der Waals surface area (Å²) in [5.41, 5.74) is 0. The van der Waals surface area contributed by atoms with E-state index in [9.17, 15) is 15.0 Å². The first-order chi connectivity index (χ1) is 6.25. The first-order valence-electron chi connectivity index (χ1n) is 4.37. The topological polar surface area (TPSA) is 78.8 Å². The Morgan fingerprint density at radius 1 is 1.54 bits per heavy atom. The van der Waals surface area contributed by atoms with Gasteiger partial charge in [0.05, 0.1) is 18.8 Å². The summed E-state index contributed by atoms with van der Waals surface area (Å²) in [6.07, 6.45) is -0.773. The fourth-order valence-corrected chi connectivity index (χ4v) is 1.32. The number of nitrogens with one attached hydrogen (secondary N) is 1. The molecule has 76 valence electrons. The lowest BCUT2D eigenvalue weighted by Gasteiger charge is -2.31. The molecule has 1 heterocycles. The summed E-state index contributed by atoms with van der Waals surface area (Å²) in [6.45, 7) is 1.07. The molecule has 3 atom stereocenters. The molecule has 0 aliphatic carbocycles. The number of rotatable bonds is 4. The molecule has 0 amide bonds. The number of carbonyl (C=O) groups excluding carboxylic acids is 1. The highest BCUT2D eigenvalue weighted by Gasteiger charge is 2.30. The molecule has 1 aliphatic heterocycles. The Morgan fingerprint density at radius 3 is 3.00 bits per heavy atom. The van der Waals surface area contributed by atoms with Crippen LogP contribution in [0.5, 0.6) is 0 Å². The Balaban J connectivity index is 2.26. The van der Waals surface area contributed by atoms with Gasteiger partial charge in [0.1, 0.15) is 12.4 Å². The minimum absolute atomic E-state index is 0.239. The zero-order valence-corrected chi connectivity index (χ0v) is 7.35. The fourth-order valence-electron chi connectivity index (χ4n) is 1.32. The number of aliphatic hydroxyl groups excluding tert-OH is 2. The molecule has 5 heteroatoms. The van der Waals surface area contributed by atoms with Gasteiger partial charge in [-0.3, -0.25) is 0 Å². The van der Waals surface area contributed by atoms with Crippen molar-refractivity contribution in [3.05, 3.63) is 0 Å². The predicted molar refractivity (Wildman–Crippen MR) is 45.3 cm³/mol. The van der Waals surface area contributed by atoms with Gasteiger partial charge in [0.15, 0.2) is 0 Å². The van der Waals surface area contributed by atoms with Crippen molar-refractivity contribution >= 4 is 6.29 Å². The normalized spacial score (nSPS) is 34.5. The highest BCUT2D eigenvalue weighted by Crippen LogP contribution is 2.13. The number of aldehydes is 1. The monoisotopic (exact) mass is 189 g/mol. The van der Waals surface area contributed by atoms with Crippen molar-refractivity contribution in [2.24, 2.45) is 0 Å². The van der Waals surface area contributed by atoms with E-state index in [2.05, 4.69) is 5.32 Å². The van der Waals surface area contributed by atoms with Crippen molar-refractivity contribution in [2.45, 2.75) is 24.7 Å². The van der Waals surface area contributed by atoms with Crippen molar-refractivity contribution in [3.63, 3.8) is 0 Å². The largest absolute Gasteiger partial charge is 0.390 e. The van der Waals surface area contributed by atoms with Gasteiger partial charge in [-0.25, -0.2) is 0 Å². The Bertz CT molecular complexity index is 164. The third-order valence-corrected chi connectivity index (χ3v) is 2.09. The second kappa shape index (κ2) is 5.29. The predicted octanol–water partition coefficient (Wildman–Crippen LogP) is -1.71. The van der Waals surface area contributed by atoms with Crippen LogP contribution >= 0.6 is 0 Å². The molecule has 13 heavy (non-hydrogen) atoms. The lowest BCUT2D eigenvalue weighted by Crippen LogP contribution is -2.49. The maximum atomic E-state index is 9.98. The van der Waals surface area contributed by atoms with Gasteiger partial charge in [-0.2, -0.15) is 0 Å². The highest BCUT2D eigenvalue weighted by atomic mass is 16.5. The molecular formula is C8H15NO4. The Labute approximate surface area is 76.7 Å². The van der Waals surface area contributed by atoms with E-state index in [-0.39, 0.29) is 6.54 Å². The number of hydrogen-bond acceptors (Lipinski definition) is 5. The number of aliphatic hydroxyl groups is 2. The summed E-state index contributed by atoms with van der Waals surface area (Å²) in [5, 5.41) is 21.5. The summed E-state index contributed by atoms with van der Waals surface area (Å²) < 4.78 is 5.22. The molecule has 1 saturated heterocycles. The van der Waals surface area contributed by atoms with Crippen molar-refractivity contribution < 1.29 is 19.7 Å². The smallest absolute Gasteiger partial charge is 0.133 e. The van der Waals surface area contributed by atoms with Crippen LogP contribution in [0.1, 0.15) is 6.42 Å². The van der Waals surface area contributed by atoms with Gasteiger partial charge in [0.2, 0.25) is 0 Å². The van der Waals surface area contributed by atoms with Gasteiger partial charge < -0.3 is 25.1 Å². The van der Waals surface area contributed by atoms with E-state index in [0.717, 1.165) is 6.29 Å². The Hall–Kier alpha value is -0.490. The van der Waals surface area contributed by atoms with Crippen LogP contribution in [-0.2, 0) is 9.53 Å². The van der Waals surface area contributed by atoms with Crippen LogP contribution in [0.2, 0.25) is 0 Å². The van der Waals surface area contributed by atoms with Gasteiger partial charge in [-0.05, 0) is 6.42 Å². The van der Waals surface area contributed by atoms with E-state index in [0.29, 0.717) is 19.6 Å². The molecule has 0 aromatic rings. The number of hydrogen-bond donors (Lipinski definition) is 3. The highest BCUT2D eigenvalue weighted by molar-refractivity contribution is 5.51.